The third-order valence-electron chi connectivity index (χ3n) is 5.65. The van der Waals surface area contributed by atoms with Gasteiger partial charge in [0.1, 0.15) is 5.82 Å². The highest BCUT2D eigenvalue weighted by Gasteiger charge is 2.25. The first kappa shape index (κ1) is 21.9. The molecule has 0 heterocycles. The summed E-state index contributed by atoms with van der Waals surface area (Å²) in [4.78, 5) is 13.5. The van der Waals surface area contributed by atoms with Gasteiger partial charge in [0.05, 0.1) is 6.42 Å². The maximum Gasteiger partial charge on any atom is 0.224 e. The Labute approximate surface area is 190 Å². The van der Waals surface area contributed by atoms with Crippen LogP contribution in [0.25, 0.3) is 17.2 Å². The number of halogens is 1. The zero-order valence-corrected chi connectivity index (χ0v) is 18.8. The summed E-state index contributed by atoms with van der Waals surface area (Å²) in [5, 5.41) is 2.96. The highest BCUT2D eigenvalue weighted by atomic mass is 32.2. The van der Waals surface area contributed by atoms with E-state index in [2.05, 4.69) is 5.32 Å². The maximum atomic E-state index is 14.1. The number of hydrogen-bond donors (Lipinski definition) is 1. The summed E-state index contributed by atoms with van der Waals surface area (Å²) in [6.45, 7) is 2.43. The first-order chi connectivity index (χ1) is 15.4. The van der Waals surface area contributed by atoms with Crippen LogP contribution in [0.5, 0.6) is 0 Å². The van der Waals surface area contributed by atoms with Crippen molar-refractivity contribution in [1.29, 1.82) is 0 Å². The summed E-state index contributed by atoms with van der Waals surface area (Å²) in [5.74, 6) is -0.427. The first-order valence-electron chi connectivity index (χ1n) is 10.4. The lowest BCUT2D eigenvalue weighted by Crippen LogP contribution is -2.22. The molecule has 1 aliphatic rings. The van der Waals surface area contributed by atoms with E-state index in [0.717, 1.165) is 43.9 Å². The topological polar surface area (TPSA) is 46.2 Å². The Kier molecular flexibility index (Phi) is 6.47. The third-order valence-corrected chi connectivity index (χ3v) is 6.58. The van der Waals surface area contributed by atoms with Crippen LogP contribution in [0, 0.1) is 5.82 Å². The standard InChI is InChI=1S/C27H24FNO2S/c1-18-24(14-19-8-11-22(12-9-19)32(2)31)23-13-10-21(28)15-26(23)25(18)16-27(30)29-17-20-6-4-3-5-7-20/h3-15H,16-17H2,1-2H3,(H,29,30)/b24-14+/t32-/m0/s1. The molecule has 0 saturated carbocycles. The minimum Gasteiger partial charge on any atom is -0.352 e. The number of nitrogens with one attached hydrogen (secondary N) is 1. The summed E-state index contributed by atoms with van der Waals surface area (Å²) in [7, 11) is -1.03. The predicted molar refractivity (Wildman–Crippen MR) is 129 cm³/mol. The van der Waals surface area contributed by atoms with E-state index < -0.39 is 10.8 Å². The van der Waals surface area contributed by atoms with Crippen LogP contribution in [0.3, 0.4) is 0 Å². The van der Waals surface area contributed by atoms with Crippen molar-refractivity contribution in [1.82, 2.24) is 5.32 Å². The molecular weight excluding hydrogens is 421 g/mol. The Morgan fingerprint density at radius 3 is 2.41 bits per heavy atom. The molecule has 1 amide bonds. The van der Waals surface area contributed by atoms with Crippen LogP contribution < -0.4 is 5.32 Å². The van der Waals surface area contributed by atoms with Crippen LogP contribution in [0.1, 0.15) is 35.6 Å². The fourth-order valence-electron chi connectivity index (χ4n) is 3.92. The van der Waals surface area contributed by atoms with E-state index in [4.69, 9.17) is 0 Å². The average molecular weight is 446 g/mol. The second-order valence-corrected chi connectivity index (χ2v) is 9.19. The molecule has 0 unspecified atom stereocenters. The molecular formula is C27H24FNO2S. The Bertz CT molecular complexity index is 1240. The maximum absolute atomic E-state index is 14.1. The number of carbonyl (C=O) groups is 1. The quantitative estimate of drug-likeness (QED) is 0.537. The molecule has 32 heavy (non-hydrogen) atoms. The highest BCUT2D eigenvalue weighted by Crippen LogP contribution is 2.43. The number of hydrogen-bond acceptors (Lipinski definition) is 2. The Hall–Kier alpha value is -3.31. The lowest BCUT2D eigenvalue weighted by molar-refractivity contribution is -0.120. The summed E-state index contributed by atoms with van der Waals surface area (Å²) >= 11 is 0. The summed E-state index contributed by atoms with van der Waals surface area (Å²) < 4.78 is 25.7. The second kappa shape index (κ2) is 9.45. The smallest absolute Gasteiger partial charge is 0.224 e. The highest BCUT2D eigenvalue weighted by molar-refractivity contribution is 7.84. The average Bonchev–Trinajstić information content (AvgIpc) is 3.04. The van der Waals surface area contributed by atoms with Crippen LogP contribution in [0.2, 0.25) is 0 Å². The summed E-state index contributed by atoms with van der Waals surface area (Å²) in [6, 6.07) is 22.0. The Balaban J connectivity index is 1.62. The van der Waals surface area contributed by atoms with Gasteiger partial charge < -0.3 is 5.32 Å². The van der Waals surface area contributed by atoms with E-state index >= 15 is 0 Å². The molecule has 0 aliphatic heterocycles. The fraction of sp³-hybridized carbons (Fsp3) is 0.148. The van der Waals surface area contributed by atoms with Gasteiger partial charge in [0, 0.05) is 28.5 Å². The van der Waals surface area contributed by atoms with Gasteiger partial charge in [-0.05, 0) is 76.2 Å². The van der Waals surface area contributed by atoms with Crippen molar-refractivity contribution in [2.24, 2.45) is 0 Å². The number of amides is 1. The molecule has 1 atom stereocenters. The van der Waals surface area contributed by atoms with Crippen LogP contribution >= 0.6 is 0 Å². The van der Waals surface area contributed by atoms with Gasteiger partial charge >= 0.3 is 0 Å². The van der Waals surface area contributed by atoms with Gasteiger partial charge in [0.25, 0.3) is 0 Å². The van der Waals surface area contributed by atoms with Gasteiger partial charge in [-0.2, -0.15) is 0 Å². The predicted octanol–water partition coefficient (Wildman–Crippen LogP) is 5.60. The van der Waals surface area contributed by atoms with Crippen LogP contribution in [-0.4, -0.2) is 16.4 Å². The minimum atomic E-state index is -1.03. The van der Waals surface area contributed by atoms with Crippen LogP contribution in [-0.2, 0) is 22.1 Å². The van der Waals surface area contributed by atoms with Gasteiger partial charge in [0.15, 0.2) is 0 Å². The molecule has 0 radical (unpaired) electrons. The van der Waals surface area contributed by atoms with E-state index in [9.17, 15) is 13.4 Å². The van der Waals surface area contributed by atoms with Crippen molar-refractivity contribution in [3.05, 3.63) is 106 Å². The molecule has 162 valence electrons. The van der Waals surface area contributed by atoms with Gasteiger partial charge in [-0.3, -0.25) is 9.00 Å². The van der Waals surface area contributed by atoms with E-state index in [1.54, 1.807) is 12.3 Å². The van der Waals surface area contributed by atoms with E-state index in [-0.39, 0.29) is 18.1 Å². The lowest BCUT2D eigenvalue weighted by Gasteiger charge is -2.08. The largest absolute Gasteiger partial charge is 0.352 e. The van der Waals surface area contributed by atoms with Gasteiger partial charge in [-0.15, -0.1) is 0 Å². The Morgan fingerprint density at radius 1 is 1.00 bits per heavy atom. The Morgan fingerprint density at radius 2 is 1.72 bits per heavy atom. The number of allylic oxidation sites excluding steroid dienone is 2. The fourth-order valence-corrected chi connectivity index (χ4v) is 4.44. The van der Waals surface area contributed by atoms with Crippen molar-refractivity contribution >= 4 is 33.9 Å². The van der Waals surface area contributed by atoms with E-state index in [0.29, 0.717) is 6.54 Å². The number of carbonyl (C=O) groups excluding carboxylic acids is 1. The number of benzene rings is 3. The molecule has 0 aromatic heterocycles. The molecule has 3 aromatic carbocycles. The minimum absolute atomic E-state index is 0.102. The number of rotatable bonds is 6. The molecule has 4 rings (SSSR count). The van der Waals surface area contributed by atoms with Gasteiger partial charge in [0.2, 0.25) is 5.91 Å². The zero-order valence-electron chi connectivity index (χ0n) is 18.0. The molecule has 0 bridgehead atoms. The normalized spacial score (nSPS) is 15.0. The third kappa shape index (κ3) is 4.78. The second-order valence-electron chi connectivity index (χ2n) is 7.81. The lowest BCUT2D eigenvalue weighted by atomic mass is 10.0. The molecule has 1 aliphatic carbocycles. The molecule has 3 nitrogen and oxygen atoms in total. The van der Waals surface area contributed by atoms with E-state index in [1.165, 1.54) is 12.1 Å². The molecule has 3 aromatic rings. The van der Waals surface area contributed by atoms with Gasteiger partial charge in [-0.25, -0.2) is 4.39 Å². The van der Waals surface area contributed by atoms with Crippen LogP contribution in [0.15, 0.2) is 83.3 Å². The first-order valence-corrected chi connectivity index (χ1v) is 11.9. The molecule has 0 fully saturated rings. The van der Waals surface area contributed by atoms with E-state index in [1.807, 2.05) is 67.6 Å². The molecule has 0 spiro atoms. The SMILES string of the molecule is CC1=C(CC(=O)NCc2ccccc2)c2cc(F)ccc2/C1=C/c1ccc([S@](C)=O)cc1. The van der Waals surface area contributed by atoms with Crippen LogP contribution in [0.4, 0.5) is 4.39 Å². The molecule has 0 saturated heterocycles. The summed E-state index contributed by atoms with van der Waals surface area (Å²) in [6.07, 6.45) is 3.86. The van der Waals surface area contributed by atoms with Crippen molar-refractivity contribution in [3.8, 4) is 0 Å². The van der Waals surface area contributed by atoms with Gasteiger partial charge in [-0.1, -0.05) is 48.5 Å². The van der Waals surface area contributed by atoms with Crippen molar-refractivity contribution in [3.63, 3.8) is 0 Å². The summed E-state index contributed by atoms with van der Waals surface area (Å²) in [5.41, 5.74) is 6.43. The number of fused-ring (bicyclic) bond motifs is 1. The zero-order chi connectivity index (χ0) is 22.7. The molecule has 5 heteroatoms. The van der Waals surface area contributed by atoms with Crippen molar-refractivity contribution in [2.75, 3.05) is 6.26 Å². The van der Waals surface area contributed by atoms with Crippen molar-refractivity contribution < 1.29 is 13.4 Å². The molecule has 1 N–H and O–H groups in total. The monoisotopic (exact) mass is 445 g/mol. The van der Waals surface area contributed by atoms with Crippen molar-refractivity contribution in [2.45, 2.75) is 24.8 Å².